The number of carbonyl (C=O) groups excluding carboxylic acids is 1. The van der Waals surface area contributed by atoms with Gasteiger partial charge < -0.3 is 5.32 Å². The van der Waals surface area contributed by atoms with E-state index in [-0.39, 0.29) is 11.8 Å². The van der Waals surface area contributed by atoms with Crippen LogP contribution in [0.5, 0.6) is 0 Å². The summed E-state index contributed by atoms with van der Waals surface area (Å²) in [5.74, 6) is 0.337. The van der Waals surface area contributed by atoms with Crippen LogP contribution in [0.25, 0.3) is 0 Å². The second-order valence-corrected chi connectivity index (χ2v) is 4.52. The van der Waals surface area contributed by atoms with Gasteiger partial charge in [0.05, 0.1) is 0 Å². The molecule has 0 heterocycles. The highest BCUT2D eigenvalue weighted by atomic mass is 16.1. The van der Waals surface area contributed by atoms with E-state index in [0.29, 0.717) is 0 Å². The molecule has 2 heteroatoms. The van der Waals surface area contributed by atoms with Gasteiger partial charge in [-0.25, -0.2) is 0 Å². The van der Waals surface area contributed by atoms with Crippen LogP contribution in [0.1, 0.15) is 24.5 Å². The Bertz CT molecular complexity index is 398. The van der Waals surface area contributed by atoms with E-state index < -0.39 is 0 Å². The summed E-state index contributed by atoms with van der Waals surface area (Å²) in [5.41, 5.74) is 2.67. The zero-order valence-corrected chi connectivity index (χ0v) is 10.3. The number of benzene rings is 1. The second kappa shape index (κ2) is 5.67. The molecule has 0 spiro atoms. The van der Waals surface area contributed by atoms with E-state index in [4.69, 9.17) is 0 Å². The van der Waals surface area contributed by atoms with Crippen LogP contribution in [-0.4, -0.2) is 12.5 Å². The van der Waals surface area contributed by atoms with Gasteiger partial charge in [-0.1, -0.05) is 36.4 Å². The van der Waals surface area contributed by atoms with Crippen LogP contribution in [-0.2, 0) is 17.6 Å². The molecule has 0 aromatic heterocycles. The van der Waals surface area contributed by atoms with Crippen molar-refractivity contribution < 1.29 is 4.79 Å². The molecule has 0 saturated heterocycles. The highest BCUT2D eigenvalue weighted by molar-refractivity contribution is 5.80. The third kappa shape index (κ3) is 2.96. The van der Waals surface area contributed by atoms with Gasteiger partial charge in [0.1, 0.15) is 0 Å². The number of hydrogen-bond acceptors (Lipinski definition) is 1. The van der Waals surface area contributed by atoms with Gasteiger partial charge in [-0.2, -0.15) is 0 Å². The van der Waals surface area contributed by atoms with Crippen LogP contribution in [0.3, 0.4) is 0 Å². The minimum atomic E-state index is 0.137. The number of carbonyl (C=O) groups is 1. The van der Waals surface area contributed by atoms with Crippen molar-refractivity contribution in [3.05, 3.63) is 47.5 Å². The zero-order valence-electron chi connectivity index (χ0n) is 10.3. The van der Waals surface area contributed by atoms with E-state index in [1.54, 1.807) is 0 Å². The fourth-order valence-corrected chi connectivity index (χ4v) is 2.33. The first-order valence-electron chi connectivity index (χ1n) is 6.27. The summed E-state index contributed by atoms with van der Waals surface area (Å²) in [5, 5.41) is 3.00. The lowest BCUT2D eigenvalue weighted by Gasteiger charge is -2.09. The molecule has 1 aromatic carbocycles. The van der Waals surface area contributed by atoms with Crippen molar-refractivity contribution in [3.63, 3.8) is 0 Å². The van der Waals surface area contributed by atoms with Crippen LogP contribution >= 0.6 is 0 Å². The zero-order chi connectivity index (χ0) is 12.1. The van der Waals surface area contributed by atoms with Gasteiger partial charge in [-0.05, 0) is 37.3 Å². The lowest BCUT2D eigenvalue weighted by molar-refractivity contribution is -0.124. The van der Waals surface area contributed by atoms with Gasteiger partial charge in [0.2, 0.25) is 5.91 Å². The minimum absolute atomic E-state index is 0.137. The Kier molecular flexibility index (Phi) is 3.97. The molecule has 0 atom stereocenters. The van der Waals surface area contributed by atoms with Crippen LogP contribution in [0.4, 0.5) is 0 Å². The smallest absolute Gasteiger partial charge is 0.223 e. The Morgan fingerprint density at radius 3 is 2.59 bits per heavy atom. The second-order valence-electron chi connectivity index (χ2n) is 4.52. The highest BCUT2D eigenvalue weighted by Gasteiger charge is 2.26. The Balaban J connectivity index is 1.84. The van der Waals surface area contributed by atoms with Crippen LogP contribution in [0.2, 0.25) is 0 Å². The van der Waals surface area contributed by atoms with E-state index in [9.17, 15) is 4.79 Å². The molecule has 0 bridgehead atoms. The largest absolute Gasteiger partial charge is 0.356 e. The molecule has 2 nitrogen and oxygen atoms in total. The monoisotopic (exact) mass is 229 g/mol. The molecule has 1 aromatic rings. The average molecular weight is 229 g/mol. The van der Waals surface area contributed by atoms with Crippen LogP contribution in [0.15, 0.2) is 36.4 Å². The first-order valence-corrected chi connectivity index (χ1v) is 6.27. The summed E-state index contributed by atoms with van der Waals surface area (Å²) < 4.78 is 0. The number of allylic oxidation sites excluding steroid dienone is 1. The van der Waals surface area contributed by atoms with Gasteiger partial charge in [0, 0.05) is 12.5 Å². The Hall–Kier alpha value is -1.57. The SMILES string of the molecule is C/C=C/CCNC(=O)C1Cc2ccccc2C1. The summed E-state index contributed by atoms with van der Waals surface area (Å²) in [6.07, 6.45) is 6.79. The van der Waals surface area contributed by atoms with E-state index in [1.807, 2.05) is 25.1 Å². The van der Waals surface area contributed by atoms with E-state index in [2.05, 4.69) is 23.5 Å². The standard InChI is InChI=1S/C15H19NO/c1-2-3-6-9-16-15(17)14-10-12-7-4-5-8-13(12)11-14/h2-5,7-8,14H,6,9-11H2,1H3,(H,16,17)/b3-2+. The van der Waals surface area contributed by atoms with E-state index in [0.717, 1.165) is 25.8 Å². The lowest BCUT2D eigenvalue weighted by Crippen LogP contribution is -2.31. The molecule has 1 amide bonds. The van der Waals surface area contributed by atoms with Crippen molar-refractivity contribution in [1.29, 1.82) is 0 Å². The van der Waals surface area contributed by atoms with Crippen molar-refractivity contribution in [2.24, 2.45) is 5.92 Å². The van der Waals surface area contributed by atoms with Crippen molar-refractivity contribution in [3.8, 4) is 0 Å². The lowest BCUT2D eigenvalue weighted by atomic mass is 10.1. The molecule has 1 aliphatic carbocycles. The number of fused-ring (bicyclic) bond motifs is 1. The molecule has 0 radical (unpaired) electrons. The van der Waals surface area contributed by atoms with Crippen molar-refractivity contribution in [2.75, 3.05) is 6.54 Å². The van der Waals surface area contributed by atoms with Gasteiger partial charge in [0.15, 0.2) is 0 Å². The molecular weight excluding hydrogens is 210 g/mol. The summed E-state index contributed by atoms with van der Waals surface area (Å²) >= 11 is 0. The summed E-state index contributed by atoms with van der Waals surface area (Å²) in [6, 6.07) is 8.35. The summed E-state index contributed by atoms with van der Waals surface area (Å²) in [6.45, 7) is 2.74. The van der Waals surface area contributed by atoms with Gasteiger partial charge in [-0.15, -0.1) is 0 Å². The maximum Gasteiger partial charge on any atom is 0.223 e. The van der Waals surface area contributed by atoms with Crippen molar-refractivity contribution in [2.45, 2.75) is 26.2 Å². The first kappa shape index (κ1) is 11.9. The number of rotatable bonds is 4. The van der Waals surface area contributed by atoms with E-state index in [1.165, 1.54) is 11.1 Å². The normalized spacial score (nSPS) is 15.1. The molecule has 2 rings (SSSR count). The maximum absolute atomic E-state index is 11.9. The molecule has 0 unspecified atom stereocenters. The molecule has 0 aliphatic heterocycles. The first-order chi connectivity index (χ1) is 8.31. The molecule has 0 fully saturated rings. The Morgan fingerprint density at radius 1 is 1.35 bits per heavy atom. The number of hydrogen-bond donors (Lipinski definition) is 1. The fraction of sp³-hybridized carbons (Fsp3) is 0.400. The molecule has 90 valence electrons. The van der Waals surface area contributed by atoms with Gasteiger partial charge >= 0.3 is 0 Å². The molecule has 1 N–H and O–H groups in total. The number of amides is 1. The predicted octanol–water partition coefficient (Wildman–Crippen LogP) is 2.48. The quantitative estimate of drug-likeness (QED) is 0.623. The summed E-state index contributed by atoms with van der Waals surface area (Å²) in [4.78, 5) is 11.9. The topological polar surface area (TPSA) is 29.1 Å². The molecule has 1 aliphatic rings. The van der Waals surface area contributed by atoms with E-state index >= 15 is 0 Å². The van der Waals surface area contributed by atoms with Crippen molar-refractivity contribution >= 4 is 5.91 Å². The Morgan fingerprint density at radius 2 is 2.00 bits per heavy atom. The third-order valence-corrected chi connectivity index (χ3v) is 3.27. The van der Waals surface area contributed by atoms with Gasteiger partial charge in [0.25, 0.3) is 0 Å². The molecular formula is C15H19NO. The predicted molar refractivity (Wildman–Crippen MR) is 69.8 cm³/mol. The Labute approximate surface area is 103 Å². The van der Waals surface area contributed by atoms with Gasteiger partial charge in [-0.3, -0.25) is 4.79 Å². The minimum Gasteiger partial charge on any atom is -0.356 e. The van der Waals surface area contributed by atoms with Crippen LogP contribution in [0, 0.1) is 5.92 Å². The number of nitrogens with one attached hydrogen (secondary N) is 1. The highest BCUT2D eigenvalue weighted by Crippen LogP contribution is 2.26. The molecule has 0 saturated carbocycles. The molecule has 17 heavy (non-hydrogen) atoms. The fourth-order valence-electron chi connectivity index (χ4n) is 2.33. The average Bonchev–Trinajstić information content (AvgIpc) is 2.78. The third-order valence-electron chi connectivity index (χ3n) is 3.27. The van der Waals surface area contributed by atoms with Crippen LogP contribution < -0.4 is 5.32 Å². The summed E-state index contributed by atoms with van der Waals surface area (Å²) in [7, 11) is 0. The van der Waals surface area contributed by atoms with Crippen molar-refractivity contribution in [1.82, 2.24) is 5.32 Å². The maximum atomic E-state index is 11.9.